The highest BCUT2D eigenvalue weighted by molar-refractivity contribution is 6.30. The van der Waals surface area contributed by atoms with E-state index >= 15 is 0 Å². The first-order valence-corrected chi connectivity index (χ1v) is 10.9. The quantitative estimate of drug-likeness (QED) is 0.357. The normalized spacial score (nSPS) is 13.0. The first kappa shape index (κ1) is 21.4. The summed E-state index contributed by atoms with van der Waals surface area (Å²) < 4.78 is 0. The lowest BCUT2D eigenvalue weighted by Gasteiger charge is -2.26. The number of nitrogens with one attached hydrogen (secondary N) is 1. The largest absolute Gasteiger partial charge is 0.349 e. The number of fused-ring (bicyclic) bond motifs is 1. The van der Waals surface area contributed by atoms with E-state index in [0.717, 1.165) is 28.5 Å². The second kappa shape index (κ2) is 9.51. The fraction of sp³-hybridized carbons (Fsp3) is 0.154. The Labute approximate surface area is 192 Å². The molecule has 1 heterocycles. The second-order valence-corrected chi connectivity index (χ2v) is 8.50. The standard InChI is InChI=1S/C26H22Cl2N2O/c1-17(30-26(31)23-4-2-6-25-22(23)5-3-15-29-25)24(19-9-13-21(28)14-10-19)16-18-7-11-20(27)12-8-18/h2-15,17,24H,16H2,1H3,(H,30,31). The number of halogens is 2. The lowest BCUT2D eigenvalue weighted by Crippen LogP contribution is -2.38. The van der Waals surface area contributed by atoms with Crippen LogP contribution >= 0.6 is 23.2 Å². The Kier molecular flexibility index (Phi) is 6.55. The van der Waals surface area contributed by atoms with Crippen LogP contribution in [0.5, 0.6) is 0 Å². The molecular formula is C26H22Cl2N2O. The van der Waals surface area contributed by atoms with Crippen molar-refractivity contribution in [3.63, 3.8) is 0 Å². The topological polar surface area (TPSA) is 42.0 Å². The molecule has 0 bridgehead atoms. The molecule has 0 spiro atoms. The molecule has 1 aromatic heterocycles. The summed E-state index contributed by atoms with van der Waals surface area (Å²) in [5, 5.41) is 5.45. The van der Waals surface area contributed by atoms with Crippen molar-refractivity contribution in [2.75, 3.05) is 0 Å². The Morgan fingerprint density at radius 3 is 2.29 bits per heavy atom. The molecule has 4 rings (SSSR count). The van der Waals surface area contributed by atoms with Gasteiger partial charge in [0.05, 0.1) is 5.52 Å². The highest BCUT2D eigenvalue weighted by Gasteiger charge is 2.23. The Bertz CT molecular complexity index is 1180. The molecule has 3 aromatic carbocycles. The molecule has 0 aliphatic heterocycles. The van der Waals surface area contributed by atoms with E-state index in [1.165, 1.54) is 0 Å². The fourth-order valence-electron chi connectivity index (χ4n) is 3.85. The van der Waals surface area contributed by atoms with Gasteiger partial charge in [-0.05, 0) is 66.9 Å². The third-order valence-electron chi connectivity index (χ3n) is 5.52. The molecule has 0 aliphatic rings. The predicted octanol–water partition coefficient (Wildman–Crippen LogP) is 6.69. The first-order valence-electron chi connectivity index (χ1n) is 10.2. The molecule has 31 heavy (non-hydrogen) atoms. The van der Waals surface area contributed by atoms with Crippen molar-refractivity contribution in [1.29, 1.82) is 0 Å². The van der Waals surface area contributed by atoms with Gasteiger partial charge in [0, 0.05) is 39.2 Å². The number of rotatable bonds is 6. The molecule has 1 N–H and O–H groups in total. The van der Waals surface area contributed by atoms with Gasteiger partial charge in [-0.25, -0.2) is 0 Å². The number of aromatic nitrogens is 1. The SMILES string of the molecule is CC(NC(=O)c1cccc2ncccc12)C(Cc1ccc(Cl)cc1)c1ccc(Cl)cc1. The Morgan fingerprint density at radius 1 is 0.903 bits per heavy atom. The summed E-state index contributed by atoms with van der Waals surface area (Å²) >= 11 is 12.2. The van der Waals surface area contributed by atoms with Gasteiger partial charge in [0.15, 0.2) is 0 Å². The molecule has 0 aliphatic carbocycles. The zero-order valence-electron chi connectivity index (χ0n) is 17.1. The smallest absolute Gasteiger partial charge is 0.252 e. The number of carbonyl (C=O) groups excluding carboxylic acids is 1. The van der Waals surface area contributed by atoms with Gasteiger partial charge in [-0.3, -0.25) is 9.78 Å². The average molecular weight is 449 g/mol. The number of hydrogen-bond donors (Lipinski definition) is 1. The van der Waals surface area contributed by atoms with E-state index in [9.17, 15) is 4.79 Å². The summed E-state index contributed by atoms with van der Waals surface area (Å²) in [5.74, 6) is -0.0448. The van der Waals surface area contributed by atoms with Gasteiger partial charge in [-0.15, -0.1) is 0 Å². The summed E-state index contributed by atoms with van der Waals surface area (Å²) in [6.07, 6.45) is 2.49. The van der Waals surface area contributed by atoms with Crippen LogP contribution in [0.15, 0.2) is 85.1 Å². The van der Waals surface area contributed by atoms with Crippen molar-refractivity contribution in [3.8, 4) is 0 Å². The van der Waals surface area contributed by atoms with Crippen molar-refractivity contribution >= 4 is 40.0 Å². The predicted molar refractivity (Wildman–Crippen MR) is 128 cm³/mol. The van der Waals surface area contributed by atoms with Crippen LogP contribution in [0.2, 0.25) is 10.0 Å². The van der Waals surface area contributed by atoms with Crippen LogP contribution in [0, 0.1) is 0 Å². The summed E-state index contributed by atoms with van der Waals surface area (Å²) in [4.78, 5) is 17.5. The van der Waals surface area contributed by atoms with E-state index in [0.29, 0.717) is 15.6 Å². The molecule has 0 fully saturated rings. The van der Waals surface area contributed by atoms with E-state index in [1.54, 1.807) is 6.20 Å². The highest BCUT2D eigenvalue weighted by atomic mass is 35.5. The van der Waals surface area contributed by atoms with E-state index < -0.39 is 0 Å². The Morgan fingerprint density at radius 2 is 1.58 bits per heavy atom. The molecule has 0 radical (unpaired) electrons. The molecule has 0 saturated heterocycles. The third-order valence-corrected chi connectivity index (χ3v) is 6.02. The van der Waals surface area contributed by atoms with Crippen molar-refractivity contribution in [2.24, 2.45) is 0 Å². The zero-order valence-corrected chi connectivity index (χ0v) is 18.6. The molecule has 2 unspecified atom stereocenters. The summed E-state index contributed by atoms with van der Waals surface area (Å²) in [6.45, 7) is 2.04. The van der Waals surface area contributed by atoms with Crippen LogP contribution in [-0.4, -0.2) is 16.9 Å². The van der Waals surface area contributed by atoms with Crippen molar-refractivity contribution in [3.05, 3.63) is 112 Å². The maximum Gasteiger partial charge on any atom is 0.252 e. The summed E-state index contributed by atoms with van der Waals surface area (Å²) in [7, 11) is 0. The van der Waals surface area contributed by atoms with Crippen molar-refractivity contribution in [1.82, 2.24) is 10.3 Å². The van der Waals surface area contributed by atoms with Gasteiger partial charge >= 0.3 is 0 Å². The minimum Gasteiger partial charge on any atom is -0.349 e. The maximum atomic E-state index is 13.2. The average Bonchev–Trinajstić information content (AvgIpc) is 2.79. The minimum atomic E-state index is -0.115. The second-order valence-electron chi connectivity index (χ2n) is 7.63. The van der Waals surface area contributed by atoms with E-state index in [4.69, 9.17) is 23.2 Å². The van der Waals surface area contributed by atoms with E-state index in [2.05, 4.69) is 10.3 Å². The van der Waals surface area contributed by atoms with Crippen LogP contribution in [-0.2, 0) is 6.42 Å². The maximum absolute atomic E-state index is 13.2. The molecular weight excluding hydrogens is 427 g/mol. The van der Waals surface area contributed by atoms with Crippen LogP contribution in [0.4, 0.5) is 0 Å². The third kappa shape index (κ3) is 5.07. The molecule has 156 valence electrons. The van der Waals surface area contributed by atoms with Crippen molar-refractivity contribution < 1.29 is 4.79 Å². The van der Waals surface area contributed by atoms with Crippen molar-refractivity contribution in [2.45, 2.75) is 25.3 Å². The van der Waals surface area contributed by atoms with Gasteiger partial charge in [0.2, 0.25) is 0 Å². The van der Waals surface area contributed by atoms with Gasteiger partial charge in [-0.2, -0.15) is 0 Å². The zero-order chi connectivity index (χ0) is 21.8. The minimum absolute atomic E-state index is 0.0653. The molecule has 2 atom stereocenters. The number of benzene rings is 3. The number of carbonyl (C=O) groups is 1. The molecule has 4 aromatic rings. The summed E-state index contributed by atoms with van der Waals surface area (Å²) in [6, 6.07) is 24.9. The van der Waals surface area contributed by atoms with E-state index in [1.807, 2.05) is 85.8 Å². The number of nitrogens with zero attached hydrogens (tertiary/aromatic N) is 1. The van der Waals surface area contributed by atoms with Gasteiger partial charge in [0.25, 0.3) is 5.91 Å². The number of hydrogen-bond acceptors (Lipinski definition) is 2. The molecule has 1 amide bonds. The van der Waals surface area contributed by atoms with E-state index in [-0.39, 0.29) is 17.9 Å². The van der Waals surface area contributed by atoms with Gasteiger partial charge in [-0.1, -0.05) is 59.6 Å². The molecule has 0 saturated carbocycles. The van der Waals surface area contributed by atoms with Crippen LogP contribution < -0.4 is 5.32 Å². The number of amides is 1. The van der Waals surface area contributed by atoms with Gasteiger partial charge in [0.1, 0.15) is 0 Å². The highest BCUT2D eigenvalue weighted by Crippen LogP contribution is 2.27. The van der Waals surface area contributed by atoms with Gasteiger partial charge < -0.3 is 5.32 Å². The van der Waals surface area contributed by atoms with Crippen LogP contribution in [0.25, 0.3) is 10.9 Å². The fourth-order valence-corrected chi connectivity index (χ4v) is 4.11. The Hall–Kier alpha value is -2.88. The lowest BCUT2D eigenvalue weighted by atomic mass is 9.86. The van der Waals surface area contributed by atoms with Crippen LogP contribution in [0.1, 0.15) is 34.3 Å². The molecule has 3 nitrogen and oxygen atoms in total. The summed E-state index contributed by atoms with van der Waals surface area (Å²) in [5.41, 5.74) is 3.70. The Balaban J connectivity index is 1.61. The first-order chi connectivity index (χ1) is 15.0. The number of pyridine rings is 1. The van der Waals surface area contributed by atoms with Crippen LogP contribution in [0.3, 0.4) is 0 Å². The monoisotopic (exact) mass is 448 g/mol. The lowest BCUT2D eigenvalue weighted by molar-refractivity contribution is 0.0936. The molecule has 5 heteroatoms.